The number of aromatic nitrogens is 3. The maximum absolute atomic E-state index is 9.77. The number of aliphatic hydroxyl groups excluding tert-OH is 3. The number of aromatic amines is 1. The molecule has 4 unspecified atom stereocenters. The van der Waals surface area contributed by atoms with Crippen LogP contribution in [0.1, 0.15) is 6.23 Å². The zero-order valence-electron chi connectivity index (χ0n) is 8.55. The van der Waals surface area contributed by atoms with Crippen molar-refractivity contribution in [3.63, 3.8) is 0 Å². The maximum Gasteiger partial charge on any atom is 0.197 e. The number of H-pyrrole nitrogens is 1. The smallest absolute Gasteiger partial charge is 0.197 e. The summed E-state index contributed by atoms with van der Waals surface area (Å²) < 4.78 is 7.01. The van der Waals surface area contributed by atoms with Crippen LogP contribution < -0.4 is 0 Å². The number of aliphatic hydroxyl groups is 3. The quantitative estimate of drug-likeness (QED) is 0.529. The summed E-state index contributed by atoms with van der Waals surface area (Å²) in [5.74, 6) is 0. The topological polar surface area (TPSA) is 104 Å². The molecular formula is C8H11N3O4S2. The molecule has 1 aromatic heterocycles. The van der Waals surface area contributed by atoms with Crippen molar-refractivity contribution >= 4 is 24.4 Å². The summed E-state index contributed by atoms with van der Waals surface area (Å²) in [5.41, 5.74) is 0. The summed E-state index contributed by atoms with van der Waals surface area (Å²) in [7, 11) is 0. The highest BCUT2D eigenvalue weighted by atomic mass is 32.1. The van der Waals surface area contributed by atoms with Crippen LogP contribution in [-0.2, 0) is 4.74 Å². The van der Waals surface area contributed by atoms with E-state index in [0.29, 0.717) is 4.64 Å². The van der Waals surface area contributed by atoms with E-state index in [-0.39, 0.29) is 4.77 Å². The molecule has 0 aliphatic carbocycles. The maximum atomic E-state index is 9.77. The van der Waals surface area contributed by atoms with Crippen molar-refractivity contribution in [2.75, 3.05) is 6.61 Å². The molecular weight excluding hydrogens is 266 g/mol. The van der Waals surface area contributed by atoms with Crippen LogP contribution in [0.3, 0.4) is 0 Å². The van der Waals surface area contributed by atoms with Crippen LogP contribution in [0.4, 0.5) is 0 Å². The molecule has 1 saturated heterocycles. The van der Waals surface area contributed by atoms with Crippen molar-refractivity contribution in [1.82, 2.24) is 14.8 Å². The van der Waals surface area contributed by atoms with Gasteiger partial charge in [-0.1, -0.05) is 12.2 Å². The van der Waals surface area contributed by atoms with E-state index >= 15 is 0 Å². The normalized spacial score (nSPS) is 32.9. The van der Waals surface area contributed by atoms with Crippen molar-refractivity contribution in [3.05, 3.63) is 15.6 Å². The Bertz CT molecular complexity index is 516. The van der Waals surface area contributed by atoms with Gasteiger partial charge in [0.05, 0.1) is 12.8 Å². The number of nitrogens with zero attached hydrogens (tertiary/aromatic N) is 2. The van der Waals surface area contributed by atoms with Gasteiger partial charge in [0.15, 0.2) is 11.0 Å². The SMILES string of the molecule is OCC1OC(n2ncc(=S)[nH]c2=S)C(O)C1O. The minimum absolute atomic E-state index is 0.173. The number of hydrogen-bond acceptors (Lipinski definition) is 7. The van der Waals surface area contributed by atoms with Crippen LogP contribution in [0.5, 0.6) is 0 Å². The van der Waals surface area contributed by atoms with Gasteiger partial charge < -0.3 is 25.0 Å². The van der Waals surface area contributed by atoms with Gasteiger partial charge in [0.1, 0.15) is 23.0 Å². The molecule has 17 heavy (non-hydrogen) atoms. The second-order valence-corrected chi connectivity index (χ2v) is 4.44. The minimum atomic E-state index is -1.21. The fourth-order valence-electron chi connectivity index (χ4n) is 1.63. The Morgan fingerprint density at radius 3 is 2.65 bits per heavy atom. The van der Waals surface area contributed by atoms with E-state index in [4.69, 9.17) is 34.3 Å². The van der Waals surface area contributed by atoms with E-state index in [9.17, 15) is 10.2 Å². The van der Waals surface area contributed by atoms with E-state index in [1.54, 1.807) is 0 Å². The highest BCUT2D eigenvalue weighted by Crippen LogP contribution is 2.28. The van der Waals surface area contributed by atoms with E-state index < -0.39 is 31.1 Å². The molecule has 1 aliphatic heterocycles. The van der Waals surface area contributed by atoms with Crippen molar-refractivity contribution < 1.29 is 20.1 Å². The molecule has 94 valence electrons. The van der Waals surface area contributed by atoms with Crippen molar-refractivity contribution in [2.24, 2.45) is 0 Å². The largest absolute Gasteiger partial charge is 0.394 e. The second-order valence-electron chi connectivity index (χ2n) is 3.61. The van der Waals surface area contributed by atoms with Gasteiger partial charge in [0.2, 0.25) is 0 Å². The van der Waals surface area contributed by atoms with Crippen LogP contribution in [-0.4, -0.2) is 55.0 Å². The van der Waals surface area contributed by atoms with Crippen LogP contribution in [0.25, 0.3) is 0 Å². The number of rotatable bonds is 2. The van der Waals surface area contributed by atoms with E-state index in [1.807, 2.05) is 0 Å². The van der Waals surface area contributed by atoms with Gasteiger partial charge in [0.25, 0.3) is 0 Å². The third-order valence-electron chi connectivity index (χ3n) is 2.50. The minimum Gasteiger partial charge on any atom is -0.394 e. The fourth-order valence-corrected chi connectivity index (χ4v) is 2.09. The first kappa shape index (κ1) is 12.7. The Balaban J connectivity index is 2.35. The molecule has 4 N–H and O–H groups in total. The number of hydrogen-bond donors (Lipinski definition) is 4. The molecule has 2 rings (SSSR count). The van der Waals surface area contributed by atoms with Crippen molar-refractivity contribution in [2.45, 2.75) is 24.5 Å². The Morgan fingerprint density at radius 2 is 2.12 bits per heavy atom. The predicted molar refractivity (Wildman–Crippen MR) is 61.3 cm³/mol. The molecule has 9 heteroatoms. The van der Waals surface area contributed by atoms with Gasteiger partial charge in [-0.25, -0.2) is 4.68 Å². The third-order valence-corrected chi connectivity index (χ3v) is 2.99. The highest BCUT2D eigenvalue weighted by molar-refractivity contribution is 7.72. The Kier molecular flexibility index (Phi) is 3.66. The lowest BCUT2D eigenvalue weighted by Crippen LogP contribution is -2.33. The van der Waals surface area contributed by atoms with Crippen molar-refractivity contribution in [1.29, 1.82) is 0 Å². The Hall–Kier alpha value is -0.710. The Morgan fingerprint density at radius 1 is 1.41 bits per heavy atom. The average molecular weight is 277 g/mol. The summed E-state index contributed by atoms with van der Waals surface area (Å²) in [6, 6.07) is 0. The van der Waals surface area contributed by atoms with Gasteiger partial charge in [-0.05, 0) is 12.2 Å². The van der Waals surface area contributed by atoms with Crippen molar-refractivity contribution in [3.8, 4) is 0 Å². The zero-order valence-corrected chi connectivity index (χ0v) is 10.2. The number of nitrogens with one attached hydrogen (secondary N) is 1. The van der Waals surface area contributed by atoms with E-state index in [2.05, 4.69) is 10.1 Å². The molecule has 1 aliphatic rings. The molecule has 0 radical (unpaired) electrons. The molecule has 4 atom stereocenters. The second kappa shape index (κ2) is 4.88. The van der Waals surface area contributed by atoms with Gasteiger partial charge in [-0.3, -0.25) is 0 Å². The highest BCUT2D eigenvalue weighted by Gasteiger charge is 2.43. The standard InChI is InChI=1S/C8H11N3O4S2/c12-2-3-5(13)6(14)7(15-3)11-8(17)10-4(16)1-9-11/h1,3,5-7,12-14H,2H2,(H,10,16,17). The van der Waals surface area contributed by atoms with Crippen LogP contribution in [0.2, 0.25) is 0 Å². The first-order valence-electron chi connectivity index (χ1n) is 4.85. The number of ether oxygens (including phenoxy) is 1. The predicted octanol–water partition coefficient (Wildman–Crippen LogP) is -0.718. The van der Waals surface area contributed by atoms with Crippen LogP contribution in [0.15, 0.2) is 6.20 Å². The van der Waals surface area contributed by atoms with E-state index in [1.165, 1.54) is 10.9 Å². The summed E-state index contributed by atoms with van der Waals surface area (Å²) in [4.78, 5) is 2.68. The third kappa shape index (κ3) is 2.30. The average Bonchev–Trinajstić information content (AvgIpc) is 2.57. The van der Waals surface area contributed by atoms with E-state index in [0.717, 1.165) is 0 Å². The summed E-state index contributed by atoms with van der Waals surface area (Å²) in [6.45, 7) is -0.398. The van der Waals surface area contributed by atoms with Crippen LogP contribution in [0, 0.1) is 9.41 Å². The zero-order chi connectivity index (χ0) is 12.6. The first-order valence-corrected chi connectivity index (χ1v) is 5.67. The van der Waals surface area contributed by atoms with Gasteiger partial charge in [-0.15, -0.1) is 0 Å². The lowest BCUT2D eigenvalue weighted by Gasteiger charge is -2.16. The molecule has 0 bridgehead atoms. The molecule has 0 amide bonds. The molecule has 0 saturated carbocycles. The van der Waals surface area contributed by atoms with Gasteiger partial charge in [-0.2, -0.15) is 5.10 Å². The monoisotopic (exact) mass is 277 g/mol. The molecule has 7 nitrogen and oxygen atoms in total. The lowest BCUT2D eigenvalue weighted by atomic mass is 10.1. The first-order chi connectivity index (χ1) is 8.04. The molecule has 0 spiro atoms. The summed E-state index contributed by atoms with van der Waals surface area (Å²) in [5, 5.41) is 32.2. The summed E-state index contributed by atoms with van der Waals surface area (Å²) in [6.07, 6.45) is -2.85. The van der Waals surface area contributed by atoms with Gasteiger partial charge in [0, 0.05) is 0 Å². The van der Waals surface area contributed by atoms with Gasteiger partial charge >= 0.3 is 0 Å². The fraction of sp³-hybridized carbons (Fsp3) is 0.625. The molecule has 1 aromatic rings. The van der Waals surface area contributed by atoms with Crippen LogP contribution >= 0.6 is 24.4 Å². The summed E-state index contributed by atoms with van der Waals surface area (Å²) >= 11 is 9.83. The Labute approximate surface area is 106 Å². The lowest BCUT2D eigenvalue weighted by molar-refractivity contribution is -0.0607. The molecule has 2 heterocycles. The molecule has 0 aromatic carbocycles. The molecule has 1 fully saturated rings.